The minimum Gasteiger partial charge on any atom is -0.790 e. The number of hydrogen-bond donors (Lipinski definition) is 0. The van der Waals surface area contributed by atoms with Gasteiger partial charge in [0, 0.05) is 0 Å². The van der Waals surface area contributed by atoms with E-state index < -0.39 is 23.5 Å². The fourth-order valence-electron chi connectivity index (χ4n) is 5.30. The maximum absolute atomic E-state index is 10.1. The second-order valence-electron chi connectivity index (χ2n) is 13.4. The first-order valence-corrected chi connectivity index (χ1v) is 24.6. The molecule has 0 fully saturated rings. The van der Waals surface area contributed by atoms with Gasteiger partial charge >= 0.3 is 51.7 Å². The average Bonchev–Trinajstić information content (AvgIpc) is 3.04. The molecule has 0 amide bonds. The fourth-order valence-corrected chi connectivity index (χ4v) is 6.36. The van der Waals surface area contributed by atoms with E-state index in [0.29, 0.717) is 19.3 Å². The Kier molecular flexibility index (Phi) is 58.7. The van der Waals surface area contributed by atoms with E-state index in [-0.39, 0.29) is 71.5 Å². The van der Waals surface area contributed by atoms with Crippen molar-refractivity contribution in [3.05, 3.63) is 0 Å². The second kappa shape index (κ2) is 48.4. The van der Waals surface area contributed by atoms with Crippen molar-refractivity contribution >= 4 is 75.2 Å². The van der Waals surface area contributed by atoms with Crippen molar-refractivity contribution in [2.24, 2.45) is 0 Å². The molecule has 0 spiro atoms. The second-order valence-corrected chi connectivity index (χ2v) is 16.8. The smallest absolute Gasteiger partial charge is 0.790 e. The monoisotopic (exact) mass is 1020 g/mol. The summed E-state index contributed by atoms with van der Waals surface area (Å²) in [5.41, 5.74) is 0. The zero-order valence-electron chi connectivity index (χ0n) is 33.7. The van der Waals surface area contributed by atoms with Crippen LogP contribution in [0.2, 0.25) is 0 Å². The van der Waals surface area contributed by atoms with Crippen LogP contribution in [0.5, 0.6) is 0 Å². The van der Waals surface area contributed by atoms with E-state index in [2.05, 4.69) is 34.3 Å². The Morgan fingerprint density at radius 1 is 0.283 bits per heavy atom. The van der Waals surface area contributed by atoms with Crippen molar-refractivity contribution in [3.63, 3.8) is 0 Å². The molecule has 0 rings (SSSR count). The topological polar surface area (TPSA) is 217 Å². The molecule has 0 saturated heterocycles. The quantitative estimate of drug-likeness (QED) is 0.0440. The van der Waals surface area contributed by atoms with E-state index in [1.54, 1.807) is 0 Å². The first-order valence-electron chi connectivity index (χ1n) is 20.2. The molecule has 0 aromatic carbocycles. The molecule has 0 unspecified atom stereocenters. The molecule has 0 radical (unpaired) electrons. The molecule has 0 N–H and O–H groups in total. The molecule has 0 aromatic heterocycles. The molecule has 0 aliphatic rings. The minimum atomic E-state index is -4.74. The number of hydrogen-bond acceptors (Lipinski definition) is 12. The molecule has 0 aromatic rings. The van der Waals surface area contributed by atoms with Gasteiger partial charge in [0.1, 0.15) is 0 Å². The van der Waals surface area contributed by atoms with E-state index in [1.807, 2.05) is 0 Å². The van der Waals surface area contributed by atoms with Gasteiger partial charge in [-0.1, -0.05) is 194 Å². The summed E-state index contributed by atoms with van der Waals surface area (Å²) in [5, 5.41) is 0. The van der Waals surface area contributed by atoms with Crippen LogP contribution in [0.15, 0.2) is 0 Å². The minimum absolute atomic E-state index is 0. The molecule has 0 saturated carbocycles. The average molecular weight is 1020 g/mol. The van der Waals surface area contributed by atoms with Crippen molar-refractivity contribution < 1.29 is 56.6 Å². The van der Waals surface area contributed by atoms with Crippen molar-refractivity contribution in [2.45, 2.75) is 213 Å². The van der Waals surface area contributed by atoms with Crippen molar-refractivity contribution in [1.82, 2.24) is 0 Å². The predicted molar refractivity (Wildman–Crippen MR) is 208 cm³/mol. The molecule has 12 nitrogen and oxygen atoms in total. The molecular weight excluding hydrogens is 947 g/mol. The Morgan fingerprint density at radius 3 is 0.547 bits per heavy atom. The Balaban J connectivity index is -0.000000213. The van der Waals surface area contributed by atoms with Gasteiger partial charge < -0.3 is 56.6 Å². The van der Waals surface area contributed by atoms with Crippen LogP contribution in [0.4, 0.5) is 0 Å². The molecular formula is C36H75In2O12P3. The van der Waals surface area contributed by atoms with Crippen LogP contribution >= 0.6 is 23.5 Å². The Labute approximate surface area is 362 Å². The van der Waals surface area contributed by atoms with Gasteiger partial charge in [0.2, 0.25) is 0 Å². The van der Waals surface area contributed by atoms with Gasteiger partial charge in [-0.25, -0.2) is 0 Å². The van der Waals surface area contributed by atoms with Crippen LogP contribution in [0.3, 0.4) is 0 Å². The molecule has 17 heteroatoms. The fraction of sp³-hybridized carbons (Fsp3) is 1.00. The van der Waals surface area contributed by atoms with Gasteiger partial charge in [-0.05, 0) is 19.3 Å². The maximum atomic E-state index is 10.1. The Hall–Kier alpha value is 2.07. The van der Waals surface area contributed by atoms with Crippen LogP contribution in [0, 0.1) is 0 Å². The summed E-state index contributed by atoms with van der Waals surface area (Å²) < 4.78 is 42.9. The zero-order chi connectivity index (χ0) is 39.0. The third-order valence-electron chi connectivity index (χ3n) is 8.24. The van der Waals surface area contributed by atoms with Gasteiger partial charge in [-0.3, -0.25) is 0 Å². The number of rotatable bonds is 36. The van der Waals surface area contributed by atoms with E-state index in [1.165, 1.54) is 135 Å². The summed E-state index contributed by atoms with van der Waals surface area (Å²) in [6.45, 7) is 6.77. The van der Waals surface area contributed by atoms with Gasteiger partial charge in [0.15, 0.2) is 0 Å². The van der Waals surface area contributed by atoms with Gasteiger partial charge in [0.05, 0.1) is 43.3 Å². The Morgan fingerprint density at radius 2 is 0.415 bits per heavy atom. The number of phosphoric ester groups is 3. The predicted octanol–water partition coefficient (Wildman–Crippen LogP) is 7.50. The van der Waals surface area contributed by atoms with Crippen LogP contribution in [0.25, 0.3) is 0 Å². The van der Waals surface area contributed by atoms with Crippen LogP contribution in [-0.2, 0) is 27.3 Å². The third kappa shape index (κ3) is 75.5. The van der Waals surface area contributed by atoms with Crippen molar-refractivity contribution in [3.8, 4) is 0 Å². The van der Waals surface area contributed by atoms with E-state index in [0.717, 1.165) is 38.5 Å². The summed E-state index contributed by atoms with van der Waals surface area (Å²) in [6.07, 6.45) is 35.2. The summed E-state index contributed by atoms with van der Waals surface area (Å²) in [5.74, 6) is 0. The van der Waals surface area contributed by atoms with Gasteiger partial charge in [-0.2, -0.15) is 0 Å². The normalized spacial score (nSPS) is 11.5. The van der Waals surface area contributed by atoms with Crippen LogP contribution in [0.1, 0.15) is 213 Å². The standard InChI is InChI=1S/3C12H27O4P.2In/c3*1-2-3-4-5-6-7-8-9-10-11-12-16-17(13,14)15;;/h3*2-12H2,1H3,(H2,13,14,15);;/q;;;2*+3/p-6. The summed E-state index contributed by atoms with van der Waals surface area (Å²) in [6, 6.07) is 0. The molecule has 0 bridgehead atoms. The van der Waals surface area contributed by atoms with Crippen LogP contribution in [-0.4, -0.2) is 71.5 Å². The first-order chi connectivity index (χ1) is 24.2. The molecule has 0 heterocycles. The molecule has 0 aliphatic heterocycles. The number of unbranched alkanes of at least 4 members (excludes halogenated alkanes) is 27. The first kappa shape index (κ1) is 64.2. The molecule has 312 valence electrons. The number of phosphoric acid groups is 3. The van der Waals surface area contributed by atoms with Crippen molar-refractivity contribution in [2.75, 3.05) is 19.8 Å². The van der Waals surface area contributed by atoms with E-state index in [4.69, 9.17) is 0 Å². The van der Waals surface area contributed by atoms with Crippen LogP contribution < -0.4 is 29.4 Å². The largest absolute Gasteiger partial charge is 3.00 e. The van der Waals surface area contributed by atoms with E-state index >= 15 is 0 Å². The third-order valence-corrected chi connectivity index (χ3v) is 9.74. The van der Waals surface area contributed by atoms with Gasteiger partial charge in [-0.15, -0.1) is 0 Å². The van der Waals surface area contributed by atoms with Gasteiger partial charge in [0.25, 0.3) is 0 Å². The van der Waals surface area contributed by atoms with E-state index in [9.17, 15) is 43.1 Å². The summed E-state index contributed by atoms with van der Waals surface area (Å²) in [7, 11) is -14.2. The summed E-state index contributed by atoms with van der Waals surface area (Å²) in [4.78, 5) is 60.8. The van der Waals surface area contributed by atoms with Crippen molar-refractivity contribution in [1.29, 1.82) is 0 Å². The molecule has 0 atom stereocenters. The maximum Gasteiger partial charge on any atom is 3.00 e. The Bertz CT molecular complexity index is 725. The molecule has 0 aliphatic carbocycles. The molecule has 53 heavy (non-hydrogen) atoms. The zero-order valence-corrected chi connectivity index (χ0v) is 43.0. The SMILES string of the molecule is CCCCCCCCCCCCOP(=O)([O-])[O-].CCCCCCCCCCCCOP(=O)([O-])[O-].CCCCCCCCCCCCOP(=O)([O-])[O-].[In+3].[In+3]. The summed E-state index contributed by atoms with van der Waals surface area (Å²) >= 11 is 0.